The van der Waals surface area contributed by atoms with Gasteiger partial charge in [0.05, 0.1) is 23.0 Å². The molecule has 0 aliphatic heterocycles. The minimum atomic E-state index is 0.235. The molecule has 0 spiro atoms. The van der Waals surface area contributed by atoms with E-state index in [1.165, 1.54) is 12.8 Å². The number of hydrogen-bond donors (Lipinski definition) is 2. The third-order valence-electron chi connectivity index (χ3n) is 4.00. The van der Waals surface area contributed by atoms with Crippen molar-refractivity contribution in [2.45, 2.75) is 37.8 Å². The molecular formula is C14H16BN5. The molecule has 100 valence electrons. The van der Waals surface area contributed by atoms with Crippen molar-refractivity contribution in [3.05, 3.63) is 30.1 Å². The predicted molar refractivity (Wildman–Crippen MR) is 78.5 cm³/mol. The van der Waals surface area contributed by atoms with Gasteiger partial charge in [-0.25, -0.2) is 4.52 Å². The van der Waals surface area contributed by atoms with Crippen LogP contribution in [0.1, 0.15) is 31.2 Å². The highest BCUT2D eigenvalue weighted by atomic mass is 15.2. The molecule has 2 N–H and O–H groups in total. The second-order valence-electron chi connectivity index (χ2n) is 5.19. The Balaban J connectivity index is 1.96. The topological polar surface area (TPSA) is 65.1 Å². The van der Waals surface area contributed by atoms with Crippen LogP contribution in [0.25, 0.3) is 5.52 Å². The van der Waals surface area contributed by atoms with Gasteiger partial charge in [0.2, 0.25) is 0 Å². The molecule has 1 fully saturated rings. The maximum absolute atomic E-state index is 9.29. The van der Waals surface area contributed by atoms with E-state index in [1.54, 1.807) is 10.7 Å². The summed E-state index contributed by atoms with van der Waals surface area (Å²) in [5, 5.41) is 19.9. The molecule has 1 aliphatic rings. The smallest absolute Gasteiger partial charge is 0.178 e. The molecule has 2 heterocycles. The molecular weight excluding hydrogens is 249 g/mol. The maximum atomic E-state index is 9.29. The summed E-state index contributed by atoms with van der Waals surface area (Å²) in [4.78, 5) is 0. The molecule has 20 heavy (non-hydrogen) atoms. The van der Waals surface area contributed by atoms with Crippen molar-refractivity contribution in [1.29, 1.82) is 5.26 Å². The maximum Gasteiger partial charge on any atom is 0.178 e. The SMILES string of the molecule is [B]N[C@@H]1CCCC[C@H]1Nc1c(C#N)cnn2cccc12. The summed E-state index contributed by atoms with van der Waals surface area (Å²) in [5.74, 6) is 0. The van der Waals surface area contributed by atoms with Gasteiger partial charge in [-0.1, -0.05) is 12.8 Å². The molecule has 2 aromatic heterocycles. The van der Waals surface area contributed by atoms with Gasteiger partial charge in [-0.05, 0) is 25.0 Å². The average Bonchev–Trinajstić information content (AvgIpc) is 2.97. The third kappa shape index (κ3) is 2.25. The average molecular weight is 265 g/mol. The fourth-order valence-electron chi connectivity index (χ4n) is 2.92. The second kappa shape index (κ2) is 5.55. The van der Waals surface area contributed by atoms with Crippen molar-refractivity contribution >= 4 is 19.2 Å². The Hall–Kier alpha value is -2.00. The molecule has 0 aromatic carbocycles. The Kier molecular flexibility index (Phi) is 3.61. The standard InChI is InChI=1S/C14H16BN5/c15-19-12-5-2-1-4-11(12)18-14-10(8-16)9-17-20-7-3-6-13(14)20/h3,6-7,9,11-12,18-19H,1-2,4-5H2/t11-,12-/m1/s1. The van der Waals surface area contributed by atoms with Crippen LogP contribution in [0.2, 0.25) is 0 Å². The van der Waals surface area contributed by atoms with Crippen molar-refractivity contribution in [3.63, 3.8) is 0 Å². The molecule has 3 rings (SSSR count). The van der Waals surface area contributed by atoms with E-state index >= 15 is 0 Å². The lowest BCUT2D eigenvalue weighted by Gasteiger charge is -2.33. The molecule has 0 saturated heterocycles. The van der Waals surface area contributed by atoms with Crippen molar-refractivity contribution in [2.75, 3.05) is 5.32 Å². The van der Waals surface area contributed by atoms with Crippen molar-refractivity contribution in [3.8, 4) is 6.07 Å². The number of rotatable bonds is 3. The van der Waals surface area contributed by atoms with Crippen molar-refractivity contribution in [1.82, 2.24) is 14.8 Å². The zero-order valence-corrected chi connectivity index (χ0v) is 11.2. The fourth-order valence-corrected chi connectivity index (χ4v) is 2.92. The van der Waals surface area contributed by atoms with Gasteiger partial charge in [0.25, 0.3) is 0 Å². The van der Waals surface area contributed by atoms with E-state index in [-0.39, 0.29) is 12.1 Å². The third-order valence-corrected chi connectivity index (χ3v) is 4.00. The van der Waals surface area contributed by atoms with Gasteiger partial charge >= 0.3 is 0 Å². The minimum absolute atomic E-state index is 0.235. The van der Waals surface area contributed by atoms with Gasteiger partial charge in [-0.15, -0.1) is 0 Å². The van der Waals surface area contributed by atoms with E-state index in [0.29, 0.717) is 5.56 Å². The lowest BCUT2D eigenvalue weighted by Crippen LogP contribution is -2.45. The molecule has 5 nitrogen and oxygen atoms in total. The number of anilines is 1. The van der Waals surface area contributed by atoms with E-state index in [9.17, 15) is 5.26 Å². The quantitative estimate of drug-likeness (QED) is 0.827. The Morgan fingerprint density at radius 1 is 1.35 bits per heavy atom. The van der Waals surface area contributed by atoms with Crippen molar-refractivity contribution in [2.24, 2.45) is 0 Å². The van der Waals surface area contributed by atoms with Crippen LogP contribution in [0.5, 0.6) is 0 Å². The molecule has 1 aliphatic carbocycles. The molecule has 1 saturated carbocycles. The molecule has 2 atom stereocenters. The lowest BCUT2D eigenvalue weighted by molar-refractivity contribution is 0.384. The monoisotopic (exact) mass is 265 g/mol. The van der Waals surface area contributed by atoms with Gasteiger partial charge in [-0.2, -0.15) is 10.4 Å². The second-order valence-corrected chi connectivity index (χ2v) is 5.19. The summed E-state index contributed by atoms with van der Waals surface area (Å²) < 4.78 is 1.77. The van der Waals surface area contributed by atoms with Crippen molar-refractivity contribution < 1.29 is 0 Å². The number of nitrogens with one attached hydrogen (secondary N) is 2. The lowest BCUT2D eigenvalue weighted by atomic mass is 9.89. The Labute approximate surface area is 119 Å². The summed E-state index contributed by atoms with van der Waals surface area (Å²) >= 11 is 0. The summed E-state index contributed by atoms with van der Waals surface area (Å²) in [7, 11) is 5.64. The number of hydrogen-bond acceptors (Lipinski definition) is 4. The van der Waals surface area contributed by atoms with Crippen LogP contribution in [-0.2, 0) is 0 Å². The summed E-state index contributed by atoms with van der Waals surface area (Å²) in [5.41, 5.74) is 2.34. The number of aromatic nitrogens is 2. The molecule has 0 bridgehead atoms. The molecule has 0 amide bonds. The molecule has 2 radical (unpaired) electrons. The van der Waals surface area contributed by atoms with E-state index < -0.39 is 0 Å². The minimum Gasteiger partial charge on any atom is -0.378 e. The van der Waals surface area contributed by atoms with Crippen LogP contribution < -0.4 is 10.5 Å². The molecule has 0 unspecified atom stereocenters. The first-order valence-corrected chi connectivity index (χ1v) is 6.92. The Bertz CT molecular complexity index is 645. The highest BCUT2D eigenvalue weighted by Gasteiger charge is 2.24. The highest BCUT2D eigenvalue weighted by Crippen LogP contribution is 2.27. The Morgan fingerprint density at radius 3 is 2.90 bits per heavy atom. The number of nitrogens with zero attached hydrogens (tertiary/aromatic N) is 3. The van der Waals surface area contributed by atoms with Crippen LogP contribution >= 0.6 is 0 Å². The number of fused-ring (bicyclic) bond motifs is 1. The molecule has 6 heteroatoms. The van der Waals surface area contributed by atoms with E-state index in [4.69, 9.17) is 7.98 Å². The van der Waals surface area contributed by atoms with Crippen LogP contribution in [0.3, 0.4) is 0 Å². The van der Waals surface area contributed by atoms with E-state index in [1.807, 2.05) is 18.3 Å². The van der Waals surface area contributed by atoms with Gasteiger partial charge in [0, 0.05) is 18.3 Å². The first kappa shape index (κ1) is 13.0. The van der Waals surface area contributed by atoms with Crippen LogP contribution in [0, 0.1) is 11.3 Å². The zero-order chi connectivity index (χ0) is 13.9. The first-order chi connectivity index (χ1) is 9.83. The van der Waals surface area contributed by atoms with E-state index in [2.05, 4.69) is 21.7 Å². The first-order valence-electron chi connectivity index (χ1n) is 6.92. The summed E-state index contributed by atoms with van der Waals surface area (Å²) in [6.07, 6.45) is 7.95. The van der Waals surface area contributed by atoms with Gasteiger partial charge in [0.15, 0.2) is 7.98 Å². The summed E-state index contributed by atoms with van der Waals surface area (Å²) in [6.45, 7) is 0. The van der Waals surface area contributed by atoms with Crippen LogP contribution in [-0.4, -0.2) is 29.7 Å². The summed E-state index contributed by atoms with van der Waals surface area (Å²) in [6, 6.07) is 6.57. The predicted octanol–water partition coefficient (Wildman–Crippen LogP) is 1.60. The number of nitriles is 1. The van der Waals surface area contributed by atoms with Gasteiger partial charge in [0.1, 0.15) is 6.07 Å². The zero-order valence-electron chi connectivity index (χ0n) is 11.2. The Morgan fingerprint density at radius 2 is 2.15 bits per heavy atom. The van der Waals surface area contributed by atoms with E-state index in [0.717, 1.165) is 24.0 Å². The van der Waals surface area contributed by atoms with Gasteiger partial charge < -0.3 is 10.5 Å². The fraction of sp³-hybridized carbons (Fsp3) is 0.429. The normalized spacial score (nSPS) is 22.6. The largest absolute Gasteiger partial charge is 0.378 e. The highest BCUT2D eigenvalue weighted by molar-refractivity contribution is 6.04. The molecule has 2 aromatic rings. The van der Waals surface area contributed by atoms with Crippen LogP contribution in [0.15, 0.2) is 24.5 Å². The van der Waals surface area contributed by atoms with Gasteiger partial charge in [-0.3, -0.25) is 0 Å². The van der Waals surface area contributed by atoms with Crippen LogP contribution in [0.4, 0.5) is 5.69 Å².